The number of pyridine rings is 1. The van der Waals surface area contributed by atoms with Crippen molar-refractivity contribution in [1.82, 2.24) is 4.98 Å². The number of hydrogen-bond donors (Lipinski definition) is 2. The van der Waals surface area contributed by atoms with Crippen LogP contribution in [0, 0.1) is 0 Å². The summed E-state index contributed by atoms with van der Waals surface area (Å²) in [6, 6.07) is 1.71. The second-order valence-electron chi connectivity index (χ2n) is 4.07. The number of carbonyl (C=O) groups is 1. The van der Waals surface area contributed by atoms with Gasteiger partial charge in [0.1, 0.15) is 11.4 Å². The van der Waals surface area contributed by atoms with Crippen molar-refractivity contribution >= 4 is 29.2 Å². The molecule has 5 nitrogen and oxygen atoms in total. The minimum atomic E-state index is -1.00. The van der Waals surface area contributed by atoms with E-state index in [2.05, 4.69) is 11.9 Å². The molecule has 0 aliphatic rings. The van der Waals surface area contributed by atoms with Crippen LogP contribution in [-0.2, 0) is 0 Å². The Hall–Kier alpha value is -1.43. The Morgan fingerprint density at radius 1 is 1.67 bits per heavy atom. The van der Waals surface area contributed by atoms with Gasteiger partial charge in [-0.15, -0.1) is 0 Å². The molecular formula is C12H19N3O2S. The van der Waals surface area contributed by atoms with Crippen LogP contribution >= 0.6 is 11.8 Å². The molecule has 0 fully saturated rings. The zero-order valence-corrected chi connectivity index (χ0v) is 11.7. The summed E-state index contributed by atoms with van der Waals surface area (Å²) in [6.45, 7) is 2.08. The van der Waals surface area contributed by atoms with Crippen LogP contribution < -0.4 is 10.6 Å². The maximum absolute atomic E-state index is 11.2. The van der Waals surface area contributed by atoms with Gasteiger partial charge in [0, 0.05) is 18.8 Å². The van der Waals surface area contributed by atoms with Crippen LogP contribution in [0.4, 0.5) is 11.5 Å². The molecule has 0 saturated heterocycles. The summed E-state index contributed by atoms with van der Waals surface area (Å²) in [5, 5.41) is 9.20. The molecule has 0 saturated carbocycles. The number of thioether (sulfide) groups is 1. The van der Waals surface area contributed by atoms with E-state index in [-0.39, 0.29) is 11.6 Å². The van der Waals surface area contributed by atoms with Crippen molar-refractivity contribution in [3.63, 3.8) is 0 Å². The van der Waals surface area contributed by atoms with Gasteiger partial charge in [0.25, 0.3) is 0 Å². The predicted octanol–water partition coefficient (Wildman–Crippen LogP) is 1.94. The molecule has 1 unspecified atom stereocenters. The lowest BCUT2D eigenvalue weighted by Gasteiger charge is -2.28. The van der Waals surface area contributed by atoms with E-state index in [4.69, 9.17) is 5.73 Å². The lowest BCUT2D eigenvalue weighted by Crippen LogP contribution is -2.35. The number of aromatic carboxylic acids is 1. The first kappa shape index (κ1) is 14.6. The summed E-state index contributed by atoms with van der Waals surface area (Å²) < 4.78 is 0. The summed E-state index contributed by atoms with van der Waals surface area (Å²) >= 11 is 1.73. The van der Waals surface area contributed by atoms with Gasteiger partial charge in [-0.3, -0.25) is 0 Å². The first-order valence-corrected chi connectivity index (χ1v) is 7.11. The van der Waals surface area contributed by atoms with Gasteiger partial charge in [-0.1, -0.05) is 6.92 Å². The monoisotopic (exact) mass is 269 g/mol. The Labute approximate surface area is 111 Å². The van der Waals surface area contributed by atoms with E-state index in [9.17, 15) is 9.90 Å². The van der Waals surface area contributed by atoms with Crippen molar-refractivity contribution in [2.45, 2.75) is 19.4 Å². The average Bonchev–Trinajstić information content (AvgIpc) is 2.35. The standard InChI is InChI=1S/C12H19N3O2S/c1-4-9(7-18-3)15(2)11-10(12(16)17)5-8(13)6-14-11/h5-6,9H,4,7,13H2,1-3H3,(H,16,17). The fourth-order valence-electron chi connectivity index (χ4n) is 1.78. The van der Waals surface area contributed by atoms with E-state index in [0.717, 1.165) is 12.2 Å². The fraction of sp³-hybridized carbons (Fsp3) is 0.500. The highest BCUT2D eigenvalue weighted by molar-refractivity contribution is 7.98. The third-order valence-electron chi connectivity index (χ3n) is 2.83. The molecule has 3 N–H and O–H groups in total. The maximum Gasteiger partial charge on any atom is 0.339 e. The number of hydrogen-bond acceptors (Lipinski definition) is 5. The highest BCUT2D eigenvalue weighted by atomic mass is 32.2. The van der Waals surface area contributed by atoms with Crippen molar-refractivity contribution in [1.29, 1.82) is 0 Å². The highest BCUT2D eigenvalue weighted by Crippen LogP contribution is 2.22. The van der Waals surface area contributed by atoms with Crippen LogP contribution in [-0.4, -0.2) is 41.2 Å². The van der Waals surface area contributed by atoms with E-state index in [0.29, 0.717) is 11.5 Å². The molecule has 0 bridgehead atoms. The number of carboxylic acids is 1. The second-order valence-corrected chi connectivity index (χ2v) is 4.98. The topological polar surface area (TPSA) is 79.5 Å². The molecular weight excluding hydrogens is 250 g/mol. The first-order chi connectivity index (χ1) is 8.51. The van der Waals surface area contributed by atoms with E-state index in [1.54, 1.807) is 11.8 Å². The molecule has 0 aromatic carbocycles. The Balaban J connectivity index is 3.11. The molecule has 0 radical (unpaired) electrons. The van der Waals surface area contributed by atoms with Gasteiger partial charge in [0.05, 0.1) is 11.9 Å². The molecule has 1 atom stereocenters. The lowest BCUT2D eigenvalue weighted by molar-refractivity contribution is 0.0697. The number of nitrogens with two attached hydrogens (primary N) is 1. The van der Waals surface area contributed by atoms with Gasteiger partial charge in [-0.25, -0.2) is 9.78 Å². The Bertz CT molecular complexity index is 426. The fourth-order valence-corrected chi connectivity index (χ4v) is 2.63. The van der Waals surface area contributed by atoms with Gasteiger partial charge in [-0.2, -0.15) is 11.8 Å². The number of aromatic nitrogens is 1. The number of carboxylic acid groups (broad SMARTS) is 1. The molecule has 6 heteroatoms. The molecule has 1 aromatic heterocycles. The van der Waals surface area contributed by atoms with Crippen molar-refractivity contribution in [3.8, 4) is 0 Å². The summed E-state index contributed by atoms with van der Waals surface area (Å²) in [5.74, 6) is 0.395. The molecule has 0 amide bonds. The van der Waals surface area contributed by atoms with E-state index in [1.165, 1.54) is 12.3 Å². The number of nitrogen functional groups attached to an aromatic ring is 1. The first-order valence-electron chi connectivity index (χ1n) is 5.71. The average molecular weight is 269 g/mol. The third kappa shape index (κ3) is 3.29. The van der Waals surface area contributed by atoms with Crippen LogP contribution in [0.5, 0.6) is 0 Å². The number of rotatable bonds is 6. The van der Waals surface area contributed by atoms with Crippen molar-refractivity contribution < 1.29 is 9.90 Å². The molecule has 0 aliphatic carbocycles. The van der Waals surface area contributed by atoms with Crippen LogP contribution in [0.25, 0.3) is 0 Å². The van der Waals surface area contributed by atoms with E-state index < -0.39 is 5.97 Å². The normalized spacial score (nSPS) is 12.2. The summed E-state index contributed by atoms with van der Waals surface area (Å²) in [7, 11) is 1.87. The molecule has 18 heavy (non-hydrogen) atoms. The van der Waals surface area contributed by atoms with Crippen molar-refractivity contribution in [3.05, 3.63) is 17.8 Å². The zero-order chi connectivity index (χ0) is 13.7. The summed E-state index contributed by atoms with van der Waals surface area (Å²) in [4.78, 5) is 17.3. The van der Waals surface area contributed by atoms with Crippen LogP contribution in [0.1, 0.15) is 23.7 Å². The van der Waals surface area contributed by atoms with Gasteiger partial charge in [0.15, 0.2) is 0 Å². The molecule has 1 heterocycles. The van der Waals surface area contributed by atoms with Gasteiger partial charge < -0.3 is 15.7 Å². The van der Waals surface area contributed by atoms with Gasteiger partial charge in [0.2, 0.25) is 0 Å². The summed E-state index contributed by atoms with van der Waals surface area (Å²) in [6.07, 6.45) is 4.46. The third-order valence-corrected chi connectivity index (χ3v) is 3.55. The minimum Gasteiger partial charge on any atom is -0.478 e. The Morgan fingerprint density at radius 2 is 2.33 bits per heavy atom. The second kappa shape index (κ2) is 6.49. The smallest absolute Gasteiger partial charge is 0.339 e. The molecule has 0 spiro atoms. The van der Waals surface area contributed by atoms with E-state index >= 15 is 0 Å². The SMILES string of the molecule is CCC(CSC)N(C)c1ncc(N)cc1C(=O)O. The van der Waals surface area contributed by atoms with Crippen molar-refractivity contribution in [2.75, 3.05) is 29.7 Å². The quantitative estimate of drug-likeness (QED) is 0.821. The molecule has 1 aromatic rings. The zero-order valence-electron chi connectivity index (χ0n) is 10.9. The van der Waals surface area contributed by atoms with Crippen LogP contribution in [0.3, 0.4) is 0 Å². The van der Waals surface area contributed by atoms with Crippen molar-refractivity contribution in [2.24, 2.45) is 0 Å². The molecule has 1 rings (SSSR count). The summed E-state index contributed by atoms with van der Waals surface area (Å²) in [5.41, 5.74) is 6.10. The largest absolute Gasteiger partial charge is 0.478 e. The van der Waals surface area contributed by atoms with Gasteiger partial charge >= 0.3 is 5.97 Å². The Morgan fingerprint density at radius 3 is 2.83 bits per heavy atom. The molecule has 100 valence electrons. The van der Waals surface area contributed by atoms with Crippen LogP contribution in [0.2, 0.25) is 0 Å². The number of nitrogens with zero attached hydrogens (tertiary/aromatic N) is 2. The Kier molecular flexibility index (Phi) is 5.27. The van der Waals surface area contributed by atoms with Gasteiger partial charge in [-0.05, 0) is 18.7 Å². The predicted molar refractivity (Wildman–Crippen MR) is 76.5 cm³/mol. The lowest BCUT2D eigenvalue weighted by atomic mass is 10.2. The highest BCUT2D eigenvalue weighted by Gasteiger charge is 2.20. The minimum absolute atomic E-state index is 0.150. The number of anilines is 2. The maximum atomic E-state index is 11.2. The van der Waals surface area contributed by atoms with E-state index in [1.807, 2.05) is 18.2 Å². The van der Waals surface area contributed by atoms with Crippen LogP contribution in [0.15, 0.2) is 12.3 Å². The molecule has 0 aliphatic heterocycles.